The Hall–Kier alpha value is -0.690. The van der Waals surface area contributed by atoms with E-state index in [0.29, 0.717) is 13.1 Å². The van der Waals surface area contributed by atoms with E-state index in [-0.39, 0.29) is 44.4 Å². The molecule has 1 aliphatic heterocycles. The molecule has 6 heteroatoms. The quantitative estimate of drug-likeness (QED) is 0.520. The first kappa shape index (κ1) is 13.4. The molecule has 0 radical (unpaired) electrons. The van der Waals surface area contributed by atoms with Crippen LogP contribution in [0.25, 0.3) is 0 Å². The number of rotatable bonds is 5. The first-order valence-electron chi connectivity index (χ1n) is 5.52. The molecule has 1 aliphatic rings. The van der Waals surface area contributed by atoms with Gasteiger partial charge in [-0.15, -0.1) is 0 Å². The first-order valence-corrected chi connectivity index (χ1v) is 5.52. The largest absolute Gasteiger partial charge is 0.395 e. The van der Waals surface area contributed by atoms with Gasteiger partial charge in [-0.2, -0.15) is 0 Å². The molecule has 0 saturated carbocycles. The van der Waals surface area contributed by atoms with Crippen LogP contribution in [0.2, 0.25) is 0 Å². The second-order valence-electron chi connectivity index (χ2n) is 4.02. The summed E-state index contributed by atoms with van der Waals surface area (Å²) in [4.78, 5) is 13.4. The summed E-state index contributed by atoms with van der Waals surface area (Å²) in [6, 6.07) is 0. The van der Waals surface area contributed by atoms with E-state index in [1.54, 1.807) is 0 Å². The number of amides is 1. The number of morpholine rings is 1. The summed E-state index contributed by atoms with van der Waals surface area (Å²) < 4.78 is 5.47. The standard InChI is InChI=1S/C10H20N2O4/c1-8-4-12(5-9(7-14)16-8)6-10(15)11-2-3-13/h8-9,13-14H,2-7H2,1H3,(H,11,15). The number of carbonyl (C=O) groups excluding carboxylic acids is 1. The van der Waals surface area contributed by atoms with Crippen molar-refractivity contribution in [1.82, 2.24) is 10.2 Å². The highest BCUT2D eigenvalue weighted by Gasteiger charge is 2.25. The van der Waals surface area contributed by atoms with Crippen LogP contribution in [0.1, 0.15) is 6.92 Å². The highest BCUT2D eigenvalue weighted by atomic mass is 16.5. The molecule has 1 fully saturated rings. The van der Waals surface area contributed by atoms with Crippen LogP contribution < -0.4 is 5.32 Å². The molecule has 1 rings (SSSR count). The maximum Gasteiger partial charge on any atom is 0.234 e. The van der Waals surface area contributed by atoms with Crippen molar-refractivity contribution in [2.24, 2.45) is 0 Å². The first-order chi connectivity index (χ1) is 7.65. The topological polar surface area (TPSA) is 82.0 Å². The smallest absolute Gasteiger partial charge is 0.234 e. The van der Waals surface area contributed by atoms with Crippen molar-refractivity contribution >= 4 is 5.91 Å². The lowest BCUT2D eigenvalue weighted by Gasteiger charge is -2.35. The summed E-state index contributed by atoms with van der Waals surface area (Å²) >= 11 is 0. The second kappa shape index (κ2) is 6.80. The van der Waals surface area contributed by atoms with Gasteiger partial charge in [0, 0.05) is 19.6 Å². The Morgan fingerprint density at radius 2 is 2.25 bits per heavy atom. The molecule has 0 aromatic carbocycles. The lowest BCUT2D eigenvalue weighted by molar-refractivity contribution is -0.128. The molecular formula is C10H20N2O4. The van der Waals surface area contributed by atoms with E-state index >= 15 is 0 Å². The van der Waals surface area contributed by atoms with Gasteiger partial charge in [0.1, 0.15) is 0 Å². The van der Waals surface area contributed by atoms with Crippen molar-refractivity contribution in [3.63, 3.8) is 0 Å². The second-order valence-corrected chi connectivity index (χ2v) is 4.02. The lowest BCUT2D eigenvalue weighted by atomic mass is 10.2. The molecule has 1 heterocycles. The molecule has 2 unspecified atom stereocenters. The summed E-state index contributed by atoms with van der Waals surface area (Å²) in [7, 11) is 0. The molecule has 94 valence electrons. The van der Waals surface area contributed by atoms with E-state index in [1.165, 1.54) is 0 Å². The van der Waals surface area contributed by atoms with Gasteiger partial charge in [-0.1, -0.05) is 0 Å². The molecule has 0 aromatic heterocycles. The van der Waals surface area contributed by atoms with Crippen LogP contribution in [0, 0.1) is 0 Å². The van der Waals surface area contributed by atoms with Crippen LogP contribution >= 0.6 is 0 Å². The number of ether oxygens (including phenoxy) is 1. The van der Waals surface area contributed by atoms with Crippen LogP contribution in [0.4, 0.5) is 0 Å². The summed E-state index contributed by atoms with van der Waals surface area (Å²) in [5.74, 6) is -0.111. The van der Waals surface area contributed by atoms with Crippen molar-refractivity contribution in [3.05, 3.63) is 0 Å². The van der Waals surface area contributed by atoms with Crippen molar-refractivity contribution in [3.8, 4) is 0 Å². The average Bonchev–Trinajstić information content (AvgIpc) is 2.25. The van der Waals surface area contributed by atoms with Gasteiger partial charge in [-0.25, -0.2) is 0 Å². The highest BCUT2D eigenvalue weighted by Crippen LogP contribution is 2.09. The zero-order valence-electron chi connectivity index (χ0n) is 9.56. The van der Waals surface area contributed by atoms with Gasteiger partial charge in [-0.3, -0.25) is 9.69 Å². The van der Waals surface area contributed by atoms with Crippen molar-refractivity contribution in [1.29, 1.82) is 0 Å². The Bertz CT molecular complexity index is 225. The number of aliphatic hydroxyl groups is 2. The molecule has 16 heavy (non-hydrogen) atoms. The van der Waals surface area contributed by atoms with Crippen LogP contribution in [-0.4, -0.2) is 72.6 Å². The minimum absolute atomic E-state index is 0.0246. The fourth-order valence-corrected chi connectivity index (χ4v) is 1.82. The summed E-state index contributed by atoms with van der Waals surface area (Å²) in [5, 5.41) is 20.2. The van der Waals surface area contributed by atoms with Crippen molar-refractivity contribution in [2.75, 3.05) is 39.4 Å². The fraction of sp³-hybridized carbons (Fsp3) is 0.900. The number of hydrogen-bond acceptors (Lipinski definition) is 5. The van der Waals surface area contributed by atoms with Crippen molar-refractivity contribution < 1.29 is 19.7 Å². The maximum atomic E-state index is 11.4. The van der Waals surface area contributed by atoms with Gasteiger partial charge in [0.15, 0.2) is 0 Å². The summed E-state index contributed by atoms with van der Waals surface area (Å²) in [5.41, 5.74) is 0. The third-order valence-electron chi connectivity index (χ3n) is 2.41. The van der Waals surface area contributed by atoms with Crippen molar-refractivity contribution in [2.45, 2.75) is 19.1 Å². The third-order valence-corrected chi connectivity index (χ3v) is 2.41. The summed E-state index contributed by atoms with van der Waals surface area (Å²) in [6.45, 7) is 3.65. The zero-order valence-corrected chi connectivity index (χ0v) is 9.56. The average molecular weight is 232 g/mol. The Morgan fingerprint density at radius 3 is 2.88 bits per heavy atom. The Balaban J connectivity index is 2.32. The third kappa shape index (κ3) is 4.44. The molecule has 3 N–H and O–H groups in total. The van der Waals surface area contributed by atoms with Gasteiger partial charge >= 0.3 is 0 Å². The lowest BCUT2D eigenvalue weighted by Crippen LogP contribution is -2.51. The molecule has 2 atom stereocenters. The minimum atomic E-state index is -0.214. The van der Waals surface area contributed by atoms with Gasteiger partial charge in [0.05, 0.1) is 32.0 Å². The molecule has 1 amide bonds. The van der Waals surface area contributed by atoms with Crippen LogP contribution in [0.15, 0.2) is 0 Å². The number of aliphatic hydroxyl groups excluding tert-OH is 2. The highest BCUT2D eigenvalue weighted by molar-refractivity contribution is 5.78. The van der Waals surface area contributed by atoms with Crippen LogP contribution in [-0.2, 0) is 9.53 Å². The van der Waals surface area contributed by atoms with E-state index in [9.17, 15) is 4.79 Å². The van der Waals surface area contributed by atoms with E-state index in [2.05, 4.69) is 5.32 Å². The molecular weight excluding hydrogens is 212 g/mol. The van der Waals surface area contributed by atoms with Gasteiger partial charge in [-0.05, 0) is 6.92 Å². The number of carbonyl (C=O) groups is 1. The van der Waals surface area contributed by atoms with E-state index in [4.69, 9.17) is 14.9 Å². The van der Waals surface area contributed by atoms with Crippen LogP contribution in [0.3, 0.4) is 0 Å². The number of nitrogens with zero attached hydrogens (tertiary/aromatic N) is 1. The molecule has 0 aliphatic carbocycles. The zero-order chi connectivity index (χ0) is 12.0. The predicted octanol–water partition coefficient (Wildman–Crippen LogP) is -1.82. The van der Waals surface area contributed by atoms with E-state index < -0.39 is 0 Å². The normalized spacial score (nSPS) is 26.7. The van der Waals surface area contributed by atoms with Crippen LogP contribution in [0.5, 0.6) is 0 Å². The molecule has 6 nitrogen and oxygen atoms in total. The van der Waals surface area contributed by atoms with E-state index in [0.717, 1.165) is 0 Å². The molecule has 0 bridgehead atoms. The number of hydrogen-bond donors (Lipinski definition) is 3. The molecule has 1 saturated heterocycles. The Morgan fingerprint density at radius 1 is 1.50 bits per heavy atom. The maximum absolute atomic E-state index is 11.4. The minimum Gasteiger partial charge on any atom is -0.395 e. The molecule has 0 spiro atoms. The predicted molar refractivity (Wildman–Crippen MR) is 58.0 cm³/mol. The monoisotopic (exact) mass is 232 g/mol. The number of nitrogens with one attached hydrogen (secondary N) is 1. The summed E-state index contributed by atoms with van der Waals surface area (Å²) in [6.07, 6.45) is -0.189. The van der Waals surface area contributed by atoms with Gasteiger partial charge < -0.3 is 20.3 Å². The fourth-order valence-electron chi connectivity index (χ4n) is 1.82. The van der Waals surface area contributed by atoms with Gasteiger partial charge in [0.2, 0.25) is 5.91 Å². The Kier molecular flexibility index (Phi) is 5.68. The SMILES string of the molecule is CC1CN(CC(=O)NCCO)CC(CO)O1. The van der Waals surface area contributed by atoms with Gasteiger partial charge in [0.25, 0.3) is 0 Å². The Labute approximate surface area is 95.2 Å². The van der Waals surface area contributed by atoms with E-state index in [1.807, 2.05) is 11.8 Å². The molecule has 0 aromatic rings.